The maximum absolute atomic E-state index is 12.9. The highest BCUT2D eigenvalue weighted by Gasteiger charge is 2.42. The number of carbonyl (C=O) groups is 1. The minimum atomic E-state index is -3.53. The molecule has 1 aliphatic heterocycles. The lowest BCUT2D eigenvalue weighted by atomic mass is 9.75. The van der Waals surface area contributed by atoms with E-state index in [0.29, 0.717) is 37.4 Å². The zero-order valence-corrected chi connectivity index (χ0v) is 16.3. The van der Waals surface area contributed by atoms with Crippen LogP contribution < -0.4 is 0 Å². The number of carbonyl (C=O) groups excluding carboxylic acids is 1. The molecule has 0 amide bonds. The lowest BCUT2D eigenvalue weighted by Crippen LogP contribution is -2.43. The summed E-state index contributed by atoms with van der Waals surface area (Å²) >= 11 is 5.88. The van der Waals surface area contributed by atoms with E-state index in [4.69, 9.17) is 11.6 Å². The molecule has 0 aromatic heterocycles. The molecule has 27 heavy (non-hydrogen) atoms. The highest BCUT2D eigenvalue weighted by Crippen LogP contribution is 2.48. The van der Waals surface area contributed by atoms with Crippen molar-refractivity contribution in [1.29, 1.82) is 0 Å². The predicted molar refractivity (Wildman–Crippen MR) is 106 cm³/mol. The van der Waals surface area contributed by atoms with Gasteiger partial charge in [-0.1, -0.05) is 41.9 Å². The number of hydrogen-bond acceptors (Lipinski definition) is 3. The Morgan fingerprint density at radius 3 is 2.37 bits per heavy atom. The van der Waals surface area contributed by atoms with Crippen molar-refractivity contribution in [3.05, 3.63) is 70.8 Å². The summed E-state index contributed by atoms with van der Waals surface area (Å²) in [5, 5.41) is 0.516. The Morgan fingerprint density at radius 1 is 1.04 bits per heavy atom. The van der Waals surface area contributed by atoms with Gasteiger partial charge in [0.25, 0.3) is 0 Å². The van der Waals surface area contributed by atoms with Crippen LogP contribution in [-0.4, -0.2) is 32.1 Å². The molecule has 1 heterocycles. The normalized spacial score (nSPS) is 18.9. The number of benzene rings is 2. The molecule has 0 saturated carbocycles. The Bertz CT molecular complexity index is 1000. The van der Waals surface area contributed by atoms with Crippen molar-refractivity contribution in [3.63, 3.8) is 0 Å². The van der Waals surface area contributed by atoms with Gasteiger partial charge in [-0.25, -0.2) is 8.42 Å². The van der Waals surface area contributed by atoms with Crippen molar-refractivity contribution in [2.75, 3.05) is 13.1 Å². The van der Waals surface area contributed by atoms with Gasteiger partial charge in [0.15, 0.2) is 0 Å². The third kappa shape index (κ3) is 3.14. The Labute approximate surface area is 164 Å². The molecule has 4 rings (SSSR count). The van der Waals surface area contributed by atoms with Gasteiger partial charge in [0, 0.05) is 29.9 Å². The van der Waals surface area contributed by atoms with E-state index >= 15 is 0 Å². The van der Waals surface area contributed by atoms with Crippen LogP contribution in [0.15, 0.2) is 59.5 Å². The Morgan fingerprint density at radius 2 is 1.70 bits per heavy atom. The second kappa shape index (κ2) is 6.89. The highest BCUT2D eigenvalue weighted by molar-refractivity contribution is 7.89. The van der Waals surface area contributed by atoms with Crippen LogP contribution >= 0.6 is 11.6 Å². The first kappa shape index (κ1) is 18.4. The van der Waals surface area contributed by atoms with Crippen LogP contribution in [0.4, 0.5) is 0 Å². The molecule has 6 heteroatoms. The first-order valence-corrected chi connectivity index (χ1v) is 10.8. The maximum atomic E-state index is 12.9. The molecular weight excluding hydrogens is 382 g/mol. The third-order valence-corrected chi connectivity index (χ3v) is 7.79. The van der Waals surface area contributed by atoms with Crippen molar-refractivity contribution >= 4 is 33.5 Å². The van der Waals surface area contributed by atoms with Crippen LogP contribution in [0.2, 0.25) is 5.02 Å². The van der Waals surface area contributed by atoms with Gasteiger partial charge < -0.3 is 4.79 Å². The van der Waals surface area contributed by atoms with E-state index in [-0.39, 0.29) is 10.3 Å². The molecule has 4 nitrogen and oxygen atoms in total. The number of hydrogen-bond donors (Lipinski definition) is 0. The minimum Gasteiger partial charge on any atom is -0.303 e. The van der Waals surface area contributed by atoms with Crippen LogP contribution in [-0.2, 0) is 20.2 Å². The molecule has 0 radical (unpaired) electrons. The van der Waals surface area contributed by atoms with Crippen LogP contribution in [0, 0.1) is 0 Å². The van der Waals surface area contributed by atoms with Gasteiger partial charge in [-0.2, -0.15) is 4.31 Å². The molecule has 2 aromatic carbocycles. The van der Waals surface area contributed by atoms with Crippen LogP contribution in [0.3, 0.4) is 0 Å². The summed E-state index contributed by atoms with van der Waals surface area (Å²) in [6.45, 7) is 0.897. The quantitative estimate of drug-likeness (QED) is 0.726. The SMILES string of the molecule is O=CCC1=CC2(CCN(S(=O)(=O)c3ccc(Cl)cc3)CC2)c2ccccc21. The van der Waals surface area contributed by atoms with Gasteiger partial charge in [-0.05, 0) is 53.8 Å². The molecule has 1 aliphatic carbocycles. The van der Waals surface area contributed by atoms with Gasteiger partial charge in [0.2, 0.25) is 10.0 Å². The van der Waals surface area contributed by atoms with E-state index in [2.05, 4.69) is 18.2 Å². The molecule has 0 atom stereocenters. The molecule has 0 bridgehead atoms. The molecule has 1 spiro atoms. The van der Waals surface area contributed by atoms with Gasteiger partial charge >= 0.3 is 0 Å². The second-order valence-electron chi connectivity index (χ2n) is 7.10. The van der Waals surface area contributed by atoms with Crippen molar-refractivity contribution < 1.29 is 13.2 Å². The first-order valence-electron chi connectivity index (χ1n) is 8.97. The summed E-state index contributed by atoms with van der Waals surface area (Å²) in [6.07, 6.45) is 4.93. The monoisotopic (exact) mass is 401 g/mol. The summed E-state index contributed by atoms with van der Waals surface area (Å²) in [4.78, 5) is 11.3. The summed E-state index contributed by atoms with van der Waals surface area (Å²) in [7, 11) is -3.53. The first-order chi connectivity index (χ1) is 13.0. The van der Waals surface area contributed by atoms with E-state index in [1.807, 2.05) is 12.1 Å². The Hall–Kier alpha value is -1.95. The zero-order valence-electron chi connectivity index (χ0n) is 14.8. The average Bonchev–Trinajstić information content (AvgIpc) is 2.97. The molecule has 1 fully saturated rings. The summed E-state index contributed by atoms with van der Waals surface area (Å²) in [5.74, 6) is 0. The van der Waals surface area contributed by atoms with Crippen molar-refractivity contribution in [3.8, 4) is 0 Å². The van der Waals surface area contributed by atoms with E-state index in [1.165, 1.54) is 5.56 Å². The zero-order chi connectivity index (χ0) is 19.1. The number of halogens is 1. The summed E-state index contributed by atoms with van der Waals surface area (Å²) in [6, 6.07) is 14.4. The van der Waals surface area contributed by atoms with E-state index < -0.39 is 10.0 Å². The van der Waals surface area contributed by atoms with Crippen LogP contribution in [0.25, 0.3) is 5.57 Å². The minimum absolute atomic E-state index is 0.180. The number of sulfonamides is 1. The lowest BCUT2D eigenvalue weighted by Gasteiger charge is -2.38. The Balaban J connectivity index is 1.60. The van der Waals surface area contributed by atoms with Crippen molar-refractivity contribution in [2.45, 2.75) is 29.6 Å². The van der Waals surface area contributed by atoms with Gasteiger partial charge in [-0.3, -0.25) is 0 Å². The van der Waals surface area contributed by atoms with E-state index in [9.17, 15) is 13.2 Å². The van der Waals surface area contributed by atoms with Gasteiger partial charge in [0.1, 0.15) is 6.29 Å². The number of rotatable bonds is 4. The molecule has 0 N–H and O–H groups in total. The second-order valence-corrected chi connectivity index (χ2v) is 9.47. The Kier molecular flexibility index (Phi) is 4.70. The number of nitrogens with zero attached hydrogens (tertiary/aromatic N) is 1. The van der Waals surface area contributed by atoms with Crippen LogP contribution in [0.1, 0.15) is 30.4 Å². The summed E-state index contributed by atoms with van der Waals surface area (Å²) in [5.41, 5.74) is 3.21. The highest BCUT2D eigenvalue weighted by atomic mass is 35.5. The molecule has 140 valence electrons. The number of aldehydes is 1. The van der Waals surface area contributed by atoms with Crippen molar-refractivity contribution in [2.24, 2.45) is 0 Å². The molecule has 2 aromatic rings. The smallest absolute Gasteiger partial charge is 0.243 e. The lowest BCUT2D eigenvalue weighted by molar-refractivity contribution is -0.107. The number of piperidine rings is 1. The number of allylic oxidation sites excluding steroid dienone is 2. The van der Waals surface area contributed by atoms with Gasteiger partial charge in [-0.15, -0.1) is 0 Å². The standard InChI is InChI=1S/C21H20ClNO3S/c22-17-5-7-18(8-6-17)27(25,26)23-12-10-21(11-13-23)15-16(9-14-24)19-3-1-2-4-20(19)21/h1-8,14-15H,9-13H2. The third-order valence-electron chi connectivity index (χ3n) is 5.63. The maximum Gasteiger partial charge on any atom is 0.243 e. The van der Waals surface area contributed by atoms with Crippen molar-refractivity contribution in [1.82, 2.24) is 4.31 Å². The fraction of sp³-hybridized carbons (Fsp3) is 0.286. The number of fused-ring (bicyclic) bond motifs is 2. The largest absolute Gasteiger partial charge is 0.303 e. The summed E-state index contributed by atoms with van der Waals surface area (Å²) < 4.78 is 27.4. The fourth-order valence-corrected chi connectivity index (χ4v) is 5.81. The van der Waals surface area contributed by atoms with Crippen LogP contribution in [0.5, 0.6) is 0 Å². The fourth-order valence-electron chi connectivity index (χ4n) is 4.24. The topological polar surface area (TPSA) is 54.5 Å². The predicted octanol–water partition coefficient (Wildman–Crippen LogP) is 4.05. The molecule has 1 saturated heterocycles. The molecule has 0 unspecified atom stereocenters. The average molecular weight is 402 g/mol. The van der Waals surface area contributed by atoms with E-state index in [0.717, 1.165) is 17.4 Å². The molecular formula is C21H20ClNO3S. The molecule has 2 aliphatic rings. The van der Waals surface area contributed by atoms with Gasteiger partial charge in [0.05, 0.1) is 4.90 Å². The van der Waals surface area contributed by atoms with E-state index in [1.54, 1.807) is 28.6 Å².